The van der Waals surface area contributed by atoms with Crippen molar-refractivity contribution < 1.29 is 9.47 Å². The van der Waals surface area contributed by atoms with E-state index in [0.29, 0.717) is 26.4 Å². The molecule has 17 heavy (non-hydrogen) atoms. The second-order valence-electron chi connectivity index (χ2n) is 3.41. The van der Waals surface area contributed by atoms with Crippen LogP contribution in [-0.4, -0.2) is 26.4 Å². The number of benzene rings is 1. The third kappa shape index (κ3) is 5.50. The Morgan fingerprint density at radius 2 is 1.94 bits per heavy atom. The van der Waals surface area contributed by atoms with E-state index in [4.69, 9.17) is 15.2 Å². The summed E-state index contributed by atoms with van der Waals surface area (Å²) in [7, 11) is 0. The van der Waals surface area contributed by atoms with Gasteiger partial charge in [-0.15, -0.1) is 0 Å². The Hall–Kier alpha value is -1.34. The van der Waals surface area contributed by atoms with E-state index >= 15 is 0 Å². The van der Waals surface area contributed by atoms with E-state index in [1.165, 1.54) is 0 Å². The van der Waals surface area contributed by atoms with Crippen molar-refractivity contribution in [3.63, 3.8) is 0 Å². The summed E-state index contributed by atoms with van der Waals surface area (Å²) in [6.07, 6.45) is 0. The van der Waals surface area contributed by atoms with Crippen LogP contribution in [0.2, 0.25) is 0 Å². The molecule has 2 N–H and O–H groups in total. The standard InChI is InChI=1S/C14H19NO2/c1-2-16-10-11-17-12-14-7-4-3-6-13(14)8-5-9-15/h3-4,6-7H,2,9-12,15H2,1H3. The Balaban J connectivity index is 2.46. The first-order valence-corrected chi connectivity index (χ1v) is 5.80. The summed E-state index contributed by atoms with van der Waals surface area (Å²) >= 11 is 0. The number of nitrogens with two attached hydrogens (primary N) is 1. The second-order valence-corrected chi connectivity index (χ2v) is 3.41. The molecule has 0 unspecified atom stereocenters. The fourth-order valence-electron chi connectivity index (χ4n) is 1.36. The molecular formula is C14H19NO2. The molecule has 0 amide bonds. The molecule has 0 spiro atoms. The highest BCUT2D eigenvalue weighted by Crippen LogP contribution is 2.08. The minimum Gasteiger partial charge on any atom is -0.379 e. The molecule has 0 bridgehead atoms. The lowest BCUT2D eigenvalue weighted by molar-refractivity contribution is 0.0452. The highest BCUT2D eigenvalue weighted by molar-refractivity contribution is 5.41. The molecule has 0 aliphatic heterocycles. The average molecular weight is 233 g/mol. The van der Waals surface area contributed by atoms with E-state index in [-0.39, 0.29) is 0 Å². The van der Waals surface area contributed by atoms with Crippen LogP contribution >= 0.6 is 0 Å². The SMILES string of the molecule is CCOCCOCc1ccccc1C#CCN. The predicted molar refractivity (Wildman–Crippen MR) is 68.5 cm³/mol. The van der Waals surface area contributed by atoms with Crippen LogP contribution < -0.4 is 5.73 Å². The highest BCUT2D eigenvalue weighted by Gasteiger charge is 1.98. The van der Waals surface area contributed by atoms with Crippen molar-refractivity contribution in [1.82, 2.24) is 0 Å². The van der Waals surface area contributed by atoms with E-state index in [1.54, 1.807) is 0 Å². The molecule has 0 fully saturated rings. The van der Waals surface area contributed by atoms with Crippen LogP contribution in [0.3, 0.4) is 0 Å². The first-order valence-electron chi connectivity index (χ1n) is 5.80. The van der Waals surface area contributed by atoms with Gasteiger partial charge >= 0.3 is 0 Å². The van der Waals surface area contributed by atoms with Gasteiger partial charge in [-0.2, -0.15) is 0 Å². The van der Waals surface area contributed by atoms with Crippen molar-refractivity contribution in [2.75, 3.05) is 26.4 Å². The molecule has 1 aromatic rings. The monoisotopic (exact) mass is 233 g/mol. The van der Waals surface area contributed by atoms with Gasteiger partial charge in [-0.25, -0.2) is 0 Å². The molecule has 0 aliphatic carbocycles. The zero-order chi connectivity index (χ0) is 12.3. The van der Waals surface area contributed by atoms with Crippen LogP contribution in [0.25, 0.3) is 0 Å². The molecular weight excluding hydrogens is 214 g/mol. The van der Waals surface area contributed by atoms with Gasteiger partial charge in [-0.3, -0.25) is 0 Å². The lowest BCUT2D eigenvalue weighted by Crippen LogP contribution is -2.04. The van der Waals surface area contributed by atoms with Crippen molar-refractivity contribution in [3.05, 3.63) is 35.4 Å². The van der Waals surface area contributed by atoms with Gasteiger partial charge in [0.05, 0.1) is 26.4 Å². The Morgan fingerprint density at radius 3 is 2.71 bits per heavy atom. The Bertz CT molecular complexity index is 379. The van der Waals surface area contributed by atoms with Crippen LogP contribution in [0.1, 0.15) is 18.1 Å². The maximum Gasteiger partial charge on any atom is 0.0730 e. The molecule has 0 aliphatic rings. The number of ether oxygens (including phenoxy) is 2. The number of rotatable bonds is 6. The largest absolute Gasteiger partial charge is 0.379 e. The van der Waals surface area contributed by atoms with E-state index in [1.807, 2.05) is 31.2 Å². The number of hydrogen-bond donors (Lipinski definition) is 1. The van der Waals surface area contributed by atoms with Gasteiger partial charge in [0, 0.05) is 12.2 Å². The molecule has 3 heteroatoms. The zero-order valence-corrected chi connectivity index (χ0v) is 10.2. The van der Waals surface area contributed by atoms with Crippen molar-refractivity contribution in [1.29, 1.82) is 0 Å². The topological polar surface area (TPSA) is 44.5 Å². The second kappa shape index (κ2) is 8.77. The Kier molecular flexibility index (Phi) is 7.08. The minimum atomic E-state index is 0.375. The van der Waals surface area contributed by atoms with E-state index < -0.39 is 0 Å². The van der Waals surface area contributed by atoms with Crippen LogP contribution in [0.5, 0.6) is 0 Å². The molecule has 0 saturated heterocycles. The molecule has 0 radical (unpaired) electrons. The predicted octanol–water partition coefficient (Wildman–Crippen LogP) is 1.55. The number of hydrogen-bond acceptors (Lipinski definition) is 3. The summed E-state index contributed by atoms with van der Waals surface area (Å²) in [6, 6.07) is 7.93. The summed E-state index contributed by atoms with van der Waals surface area (Å²) < 4.78 is 10.7. The van der Waals surface area contributed by atoms with Gasteiger partial charge in [0.2, 0.25) is 0 Å². The van der Waals surface area contributed by atoms with E-state index in [0.717, 1.165) is 17.7 Å². The summed E-state index contributed by atoms with van der Waals surface area (Å²) in [5.41, 5.74) is 7.43. The molecule has 0 aromatic heterocycles. The van der Waals surface area contributed by atoms with Crippen molar-refractivity contribution in [3.8, 4) is 11.8 Å². The maximum atomic E-state index is 5.52. The van der Waals surface area contributed by atoms with Gasteiger partial charge in [0.1, 0.15) is 0 Å². The summed E-state index contributed by atoms with van der Waals surface area (Å²) in [5.74, 6) is 5.89. The highest BCUT2D eigenvalue weighted by atomic mass is 16.5. The van der Waals surface area contributed by atoms with Crippen molar-refractivity contribution in [2.24, 2.45) is 5.73 Å². The molecule has 1 rings (SSSR count). The minimum absolute atomic E-state index is 0.375. The maximum absolute atomic E-state index is 5.52. The first-order chi connectivity index (χ1) is 8.38. The summed E-state index contributed by atoms with van der Waals surface area (Å²) in [4.78, 5) is 0. The van der Waals surface area contributed by atoms with Crippen LogP contribution in [0.15, 0.2) is 24.3 Å². The van der Waals surface area contributed by atoms with Gasteiger partial charge in [0.15, 0.2) is 0 Å². The van der Waals surface area contributed by atoms with E-state index in [2.05, 4.69) is 11.8 Å². The summed E-state index contributed by atoms with van der Waals surface area (Å²) in [5, 5.41) is 0. The smallest absolute Gasteiger partial charge is 0.0730 e. The van der Waals surface area contributed by atoms with Gasteiger partial charge in [-0.1, -0.05) is 30.0 Å². The Morgan fingerprint density at radius 1 is 1.18 bits per heavy atom. The van der Waals surface area contributed by atoms with E-state index in [9.17, 15) is 0 Å². The van der Waals surface area contributed by atoms with Crippen molar-refractivity contribution in [2.45, 2.75) is 13.5 Å². The van der Waals surface area contributed by atoms with Crippen molar-refractivity contribution >= 4 is 0 Å². The normalized spacial score (nSPS) is 9.76. The van der Waals surface area contributed by atoms with Gasteiger partial charge in [-0.05, 0) is 18.6 Å². The lowest BCUT2D eigenvalue weighted by atomic mass is 10.1. The average Bonchev–Trinajstić information content (AvgIpc) is 2.37. The Labute approximate surface area is 103 Å². The molecule has 92 valence electrons. The third-order valence-electron chi connectivity index (χ3n) is 2.18. The fourth-order valence-corrected chi connectivity index (χ4v) is 1.36. The van der Waals surface area contributed by atoms with Crippen LogP contribution in [0, 0.1) is 11.8 Å². The molecule has 0 atom stereocenters. The van der Waals surface area contributed by atoms with Crippen LogP contribution in [0.4, 0.5) is 0 Å². The molecule has 0 saturated carbocycles. The summed E-state index contributed by atoms with van der Waals surface area (Å²) in [6.45, 7) is 4.86. The quantitative estimate of drug-likeness (QED) is 0.599. The van der Waals surface area contributed by atoms with Gasteiger partial charge in [0.25, 0.3) is 0 Å². The molecule has 0 heterocycles. The van der Waals surface area contributed by atoms with Gasteiger partial charge < -0.3 is 15.2 Å². The molecule has 1 aromatic carbocycles. The first kappa shape index (κ1) is 13.7. The molecule has 3 nitrogen and oxygen atoms in total. The lowest BCUT2D eigenvalue weighted by Gasteiger charge is -2.06. The third-order valence-corrected chi connectivity index (χ3v) is 2.18. The van der Waals surface area contributed by atoms with Crippen LogP contribution in [-0.2, 0) is 16.1 Å². The zero-order valence-electron chi connectivity index (χ0n) is 10.2. The fraction of sp³-hybridized carbons (Fsp3) is 0.429.